The Morgan fingerprint density at radius 1 is 1.26 bits per heavy atom. The molecule has 1 N–H and O–H groups in total. The molecule has 0 heterocycles. The highest BCUT2D eigenvalue weighted by atomic mass is 16.5. The number of hydrogen-bond donors (Lipinski definition) is 1. The fourth-order valence-corrected chi connectivity index (χ4v) is 2.42. The lowest BCUT2D eigenvalue weighted by Crippen LogP contribution is -2.56. The lowest BCUT2D eigenvalue weighted by atomic mass is 9.66. The molecule has 1 aliphatic carbocycles. The van der Waals surface area contributed by atoms with Crippen molar-refractivity contribution in [3.63, 3.8) is 0 Å². The Morgan fingerprint density at radius 2 is 1.84 bits per heavy atom. The molecule has 0 aliphatic heterocycles. The summed E-state index contributed by atoms with van der Waals surface area (Å²) in [4.78, 5) is 0. The van der Waals surface area contributed by atoms with Gasteiger partial charge in [0.15, 0.2) is 0 Å². The third-order valence-electron chi connectivity index (χ3n) is 4.92. The first-order chi connectivity index (χ1) is 8.77. The molecule has 2 nitrogen and oxygen atoms in total. The van der Waals surface area contributed by atoms with Crippen molar-refractivity contribution in [2.24, 2.45) is 5.41 Å². The Kier molecular flexibility index (Phi) is 3.65. The Labute approximate surface area is 116 Å². The van der Waals surface area contributed by atoms with Crippen molar-refractivity contribution in [2.45, 2.75) is 65.1 Å². The monoisotopic (exact) mass is 262 g/mol. The number of benzene rings is 1. The van der Waals surface area contributed by atoms with Gasteiger partial charge in [-0.25, -0.2) is 0 Å². The molecule has 2 atom stereocenters. The maximum atomic E-state index is 9.73. The minimum atomic E-state index is -0.240. The number of hydrogen-bond acceptors (Lipinski definition) is 2. The highest BCUT2D eigenvalue weighted by Crippen LogP contribution is 2.43. The zero-order valence-electron chi connectivity index (χ0n) is 12.7. The van der Waals surface area contributed by atoms with E-state index in [2.05, 4.69) is 46.8 Å². The first-order valence-corrected chi connectivity index (χ1v) is 7.22. The molecule has 19 heavy (non-hydrogen) atoms. The smallest absolute Gasteiger partial charge is 0.119 e. The van der Waals surface area contributed by atoms with Gasteiger partial charge in [-0.3, -0.25) is 0 Å². The summed E-state index contributed by atoms with van der Waals surface area (Å²) in [6.07, 6.45) is 1.73. The van der Waals surface area contributed by atoms with E-state index in [1.165, 1.54) is 5.56 Å². The maximum absolute atomic E-state index is 9.73. The van der Waals surface area contributed by atoms with Crippen LogP contribution in [0.25, 0.3) is 0 Å². The summed E-state index contributed by atoms with van der Waals surface area (Å²) in [5.74, 6) is 0.903. The first-order valence-electron chi connectivity index (χ1n) is 7.22. The number of rotatable bonds is 4. The van der Waals surface area contributed by atoms with Gasteiger partial charge in [0.05, 0.1) is 6.10 Å². The topological polar surface area (TPSA) is 29.5 Å². The Balaban J connectivity index is 2.04. The van der Waals surface area contributed by atoms with Gasteiger partial charge in [0.25, 0.3) is 0 Å². The molecule has 0 spiro atoms. The summed E-state index contributed by atoms with van der Waals surface area (Å²) in [5, 5.41) is 9.73. The summed E-state index contributed by atoms with van der Waals surface area (Å²) in [6, 6.07) is 8.41. The SMILES string of the molecule is CCC(C)(C)c1ccc(OC2CC(O)C2(C)C)cc1. The van der Waals surface area contributed by atoms with Crippen molar-refractivity contribution in [3.8, 4) is 5.75 Å². The average Bonchev–Trinajstić information content (AvgIpc) is 2.39. The van der Waals surface area contributed by atoms with Crippen LogP contribution in [0.2, 0.25) is 0 Å². The Hall–Kier alpha value is -1.02. The Morgan fingerprint density at radius 3 is 2.26 bits per heavy atom. The minimum absolute atomic E-state index is 0.118. The highest BCUT2D eigenvalue weighted by molar-refractivity contribution is 5.32. The van der Waals surface area contributed by atoms with Crippen molar-refractivity contribution < 1.29 is 9.84 Å². The summed E-state index contributed by atoms with van der Waals surface area (Å²) in [6.45, 7) is 10.8. The molecule has 0 radical (unpaired) electrons. The van der Waals surface area contributed by atoms with Crippen molar-refractivity contribution in [1.29, 1.82) is 0 Å². The summed E-state index contributed by atoms with van der Waals surface area (Å²) in [5.41, 5.74) is 1.42. The van der Waals surface area contributed by atoms with Gasteiger partial charge in [-0.15, -0.1) is 0 Å². The van der Waals surface area contributed by atoms with Crippen LogP contribution in [0.15, 0.2) is 24.3 Å². The standard InChI is InChI=1S/C17H26O2/c1-6-16(2,3)12-7-9-13(10-8-12)19-15-11-14(18)17(15,4)5/h7-10,14-15,18H,6,11H2,1-5H3. The zero-order valence-corrected chi connectivity index (χ0v) is 12.7. The molecule has 1 aliphatic rings. The third kappa shape index (κ3) is 2.64. The van der Waals surface area contributed by atoms with Gasteiger partial charge in [0.1, 0.15) is 11.9 Å². The van der Waals surface area contributed by atoms with E-state index in [9.17, 15) is 5.11 Å². The van der Waals surface area contributed by atoms with E-state index in [4.69, 9.17) is 4.74 Å². The molecule has 2 unspecified atom stereocenters. The fourth-order valence-electron chi connectivity index (χ4n) is 2.42. The average molecular weight is 262 g/mol. The minimum Gasteiger partial charge on any atom is -0.490 e. The van der Waals surface area contributed by atoms with Crippen molar-refractivity contribution >= 4 is 0 Å². The van der Waals surface area contributed by atoms with Gasteiger partial charge in [0, 0.05) is 11.8 Å². The maximum Gasteiger partial charge on any atom is 0.119 e. The lowest BCUT2D eigenvalue weighted by molar-refractivity contribution is -0.134. The van der Waals surface area contributed by atoms with Crippen LogP contribution in [0.5, 0.6) is 5.75 Å². The summed E-state index contributed by atoms with van der Waals surface area (Å²) < 4.78 is 5.98. The molecular weight excluding hydrogens is 236 g/mol. The summed E-state index contributed by atoms with van der Waals surface area (Å²) >= 11 is 0. The third-order valence-corrected chi connectivity index (χ3v) is 4.92. The second-order valence-corrected chi connectivity index (χ2v) is 6.94. The number of aliphatic hydroxyl groups excluding tert-OH is 1. The van der Waals surface area contributed by atoms with Crippen molar-refractivity contribution in [2.75, 3.05) is 0 Å². The van der Waals surface area contributed by atoms with Gasteiger partial charge < -0.3 is 9.84 Å². The van der Waals surface area contributed by atoms with E-state index < -0.39 is 0 Å². The van der Waals surface area contributed by atoms with Crippen molar-refractivity contribution in [3.05, 3.63) is 29.8 Å². The predicted octanol–water partition coefficient (Wildman–Crippen LogP) is 3.91. The number of aliphatic hydroxyl groups is 1. The molecule has 1 fully saturated rings. The van der Waals surface area contributed by atoms with Gasteiger partial charge in [0.2, 0.25) is 0 Å². The molecule has 1 aromatic rings. The van der Waals surface area contributed by atoms with Crippen LogP contribution in [0.4, 0.5) is 0 Å². The molecule has 0 bridgehead atoms. The quantitative estimate of drug-likeness (QED) is 0.891. The van der Waals surface area contributed by atoms with Crippen LogP contribution in [0.3, 0.4) is 0 Å². The van der Waals surface area contributed by atoms with E-state index in [0.717, 1.165) is 18.6 Å². The predicted molar refractivity (Wildman–Crippen MR) is 78.6 cm³/mol. The van der Waals surface area contributed by atoms with Gasteiger partial charge in [-0.05, 0) is 29.5 Å². The Bertz CT molecular complexity index is 431. The second kappa shape index (κ2) is 4.82. The van der Waals surface area contributed by atoms with E-state index in [1.54, 1.807) is 0 Å². The van der Waals surface area contributed by atoms with Gasteiger partial charge in [-0.1, -0.05) is 46.8 Å². The molecule has 106 valence electrons. The van der Waals surface area contributed by atoms with E-state index in [1.807, 2.05) is 12.1 Å². The van der Waals surface area contributed by atoms with Crippen LogP contribution in [-0.4, -0.2) is 17.3 Å². The molecule has 2 heteroatoms. The van der Waals surface area contributed by atoms with Crippen LogP contribution < -0.4 is 4.74 Å². The van der Waals surface area contributed by atoms with Crippen LogP contribution >= 0.6 is 0 Å². The largest absolute Gasteiger partial charge is 0.490 e. The zero-order chi connectivity index (χ0) is 14.3. The molecule has 1 saturated carbocycles. The normalized spacial score (nSPS) is 25.8. The molecule has 1 aromatic carbocycles. The van der Waals surface area contributed by atoms with E-state index >= 15 is 0 Å². The van der Waals surface area contributed by atoms with Crippen LogP contribution in [0.1, 0.15) is 53.0 Å². The number of ether oxygens (including phenoxy) is 1. The molecule has 0 saturated heterocycles. The van der Waals surface area contributed by atoms with Gasteiger partial charge >= 0.3 is 0 Å². The lowest BCUT2D eigenvalue weighted by Gasteiger charge is -2.48. The fraction of sp³-hybridized carbons (Fsp3) is 0.647. The van der Waals surface area contributed by atoms with Crippen LogP contribution in [-0.2, 0) is 5.41 Å². The van der Waals surface area contributed by atoms with E-state index in [-0.39, 0.29) is 23.0 Å². The van der Waals surface area contributed by atoms with E-state index in [0.29, 0.717) is 0 Å². The first kappa shape index (κ1) is 14.4. The molecule has 0 aromatic heterocycles. The molecule has 0 amide bonds. The molecule has 2 rings (SSSR count). The van der Waals surface area contributed by atoms with Crippen molar-refractivity contribution in [1.82, 2.24) is 0 Å². The highest BCUT2D eigenvalue weighted by Gasteiger charge is 2.49. The molecular formula is C17H26O2. The second-order valence-electron chi connectivity index (χ2n) is 6.94. The summed E-state index contributed by atoms with van der Waals surface area (Å²) in [7, 11) is 0. The van der Waals surface area contributed by atoms with Crippen LogP contribution in [0, 0.1) is 5.41 Å². The van der Waals surface area contributed by atoms with Gasteiger partial charge in [-0.2, -0.15) is 0 Å².